The minimum absolute atomic E-state index is 0.0947. The predicted octanol–water partition coefficient (Wildman–Crippen LogP) is 4.09. The molecule has 0 spiro atoms. The highest BCUT2D eigenvalue weighted by Crippen LogP contribution is 2.44. The molecule has 3 aromatic rings. The van der Waals surface area contributed by atoms with E-state index in [-0.39, 0.29) is 19.1 Å². The Labute approximate surface area is 191 Å². The van der Waals surface area contributed by atoms with E-state index >= 15 is 0 Å². The molecule has 8 heteroatoms. The second kappa shape index (κ2) is 9.08. The minimum atomic E-state index is -0.422. The fourth-order valence-electron chi connectivity index (χ4n) is 4.13. The molecule has 0 atom stereocenters. The molecule has 1 aliphatic heterocycles. The zero-order valence-electron chi connectivity index (χ0n) is 18.6. The Balaban J connectivity index is 1.84. The number of thiophene rings is 1. The molecular weight excluding hydrogens is 428 g/mol. The predicted molar refractivity (Wildman–Crippen MR) is 124 cm³/mol. The Bertz CT molecular complexity index is 1150. The molecule has 1 amide bonds. The highest BCUT2D eigenvalue weighted by molar-refractivity contribution is 7.08. The molecule has 7 nitrogen and oxygen atoms in total. The molecule has 1 aliphatic rings. The van der Waals surface area contributed by atoms with Gasteiger partial charge in [-0.2, -0.15) is 11.3 Å². The summed E-state index contributed by atoms with van der Waals surface area (Å²) in [5.41, 5.74) is 5.71. The number of hydrogen-bond donors (Lipinski definition) is 0. The van der Waals surface area contributed by atoms with Crippen molar-refractivity contribution in [1.82, 2.24) is 9.47 Å². The number of ether oxygens (including phenoxy) is 3. The Morgan fingerprint density at radius 3 is 2.53 bits per heavy atom. The van der Waals surface area contributed by atoms with Crippen molar-refractivity contribution in [2.75, 3.05) is 34.4 Å². The van der Waals surface area contributed by atoms with E-state index in [9.17, 15) is 9.59 Å². The molecule has 0 saturated heterocycles. The van der Waals surface area contributed by atoms with Crippen molar-refractivity contribution in [2.45, 2.75) is 19.9 Å². The Morgan fingerprint density at radius 2 is 1.88 bits per heavy atom. The van der Waals surface area contributed by atoms with Crippen molar-refractivity contribution in [2.24, 2.45) is 0 Å². The summed E-state index contributed by atoms with van der Waals surface area (Å²) in [7, 11) is 4.86. The van der Waals surface area contributed by atoms with Gasteiger partial charge in [-0.25, -0.2) is 0 Å². The van der Waals surface area contributed by atoms with Crippen LogP contribution in [0.25, 0.3) is 22.4 Å². The SMILES string of the molecule is CCOC(=O)CN(C)C(=O)c1cc(-c2ccsc2)c2n1CCc1cc(OC)c(OC)cc1-2. The molecule has 0 unspecified atom stereocenters. The van der Waals surface area contributed by atoms with Crippen LogP contribution in [-0.4, -0.2) is 55.8 Å². The molecule has 1 aromatic carbocycles. The first-order valence-corrected chi connectivity index (χ1v) is 11.3. The van der Waals surface area contributed by atoms with Gasteiger partial charge in [-0.1, -0.05) is 0 Å². The number of aryl methyl sites for hydroxylation is 1. The van der Waals surface area contributed by atoms with Crippen molar-refractivity contribution in [3.05, 3.63) is 46.3 Å². The molecule has 168 valence electrons. The Hall–Kier alpha value is -3.26. The molecule has 0 bridgehead atoms. The number of aromatic nitrogens is 1. The van der Waals surface area contributed by atoms with E-state index in [0.29, 0.717) is 23.7 Å². The van der Waals surface area contributed by atoms with Gasteiger partial charge >= 0.3 is 5.97 Å². The third kappa shape index (κ3) is 3.86. The maximum absolute atomic E-state index is 13.3. The van der Waals surface area contributed by atoms with Gasteiger partial charge in [0.25, 0.3) is 5.91 Å². The van der Waals surface area contributed by atoms with Gasteiger partial charge < -0.3 is 23.7 Å². The minimum Gasteiger partial charge on any atom is -0.493 e. The number of carbonyl (C=O) groups excluding carboxylic acids is 2. The first-order valence-electron chi connectivity index (χ1n) is 10.4. The number of carbonyl (C=O) groups is 2. The standard InChI is InChI=1S/C24H26N2O5S/c1-5-31-22(27)13-25(2)24(28)19-11-17(16-7-9-32-14-16)23-18-12-21(30-4)20(29-3)10-15(18)6-8-26(19)23/h7,9-12,14H,5-6,8,13H2,1-4H3. The maximum atomic E-state index is 13.3. The lowest BCUT2D eigenvalue weighted by atomic mass is 9.94. The van der Waals surface area contributed by atoms with Crippen LogP contribution in [-0.2, 0) is 22.5 Å². The first kappa shape index (κ1) is 22.0. The zero-order chi connectivity index (χ0) is 22.8. The Morgan fingerprint density at radius 1 is 1.12 bits per heavy atom. The number of esters is 1. The molecule has 0 aliphatic carbocycles. The van der Waals surface area contributed by atoms with Crippen LogP contribution < -0.4 is 9.47 Å². The lowest BCUT2D eigenvalue weighted by Crippen LogP contribution is -2.34. The number of hydrogen-bond acceptors (Lipinski definition) is 6. The summed E-state index contributed by atoms with van der Waals surface area (Å²) in [6.45, 7) is 2.58. The van der Waals surface area contributed by atoms with Crippen molar-refractivity contribution < 1.29 is 23.8 Å². The molecule has 0 radical (unpaired) electrons. The van der Waals surface area contributed by atoms with Gasteiger partial charge in [0.2, 0.25) is 0 Å². The largest absolute Gasteiger partial charge is 0.493 e. The lowest BCUT2D eigenvalue weighted by molar-refractivity contribution is -0.143. The van der Waals surface area contributed by atoms with Gasteiger partial charge in [0.1, 0.15) is 12.2 Å². The fourth-order valence-corrected chi connectivity index (χ4v) is 4.79. The van der Waals surface area contributed by atoms with Gasteiger partial charge in [0.05, 0.1) is 26.5 Å². The number of amides is 1. The van der Waals surface area contributed by atoms with Crippen LogP contribution in [0.15, 0.2) is 35.0 Å². The Kier molecular flexibility index (Phi) is 6.23. The van der Waals surface area contributed by atoms with E-state index in [0.717, 1.165) is 34.4 Å². The van der Waals surface area contributed by atoms with Crippen LogP contribution in [0.3, 0.4) is 0 Å². The summed E-state index contributed by atoms with van der Waals surface area (Å²) in [6, 6.07) is 7.96. The monoisotopic (exact) mass is 454 g/mol. The highest BCUT2D eigenvalue weighted by atomic mass is 32.1. The van der Waals surface area contributed by atoms with Gasteiger partial charge in [-0.15, -0.1) is 0 Å². The maximum Gasteiger partial charge on any atom is 0.325 e. The van der Waals surface area contributed by atoms with Crippen LogP contribution in [0.4, 0.5) is 0 Å². The fraction of sp³-hybridized carbons (Fsp3) is 0.333. The van der Waals surface area contributed by atoms with Crippen LogP contribution in [0, 0.1) is 0 Å². The summed E-state index contributed by atoms with van der Waals surface area (Å²) in [5, 5.41) is 4.09. The van der Waals surface area contributed by atoms with Crippen LogP contribution in [0.1, 0.15) is 23.0 Å². The molecule has 3 heterocycles. The van der Waals surface area contributed by atoms with Gasteiger partial charge in [-0.3, -0.25) is 9.59 Å². The van der Waals surface area contributed by atoms with E-state index in [2.05, 4.69) is 5.38 Å². The molecule has 32 heavy (non-hydrogen) atoms. The van der Waals surface area contributed by atoms with Crippen LogP contribution in [0.2, 0.25) is 0 Å². The molecule has 2 aromatic heterocycles. The molecule has 0 fully saturated rings. The number of benzene rings is 1. The number of rotatable bonds is 7. The molecule has 0 N–H and O–H groups in total. The number of fused-ring (bicyclic) bond motifs is 3. The quantitative estimate of drug-likeness (QED) is 0.503. The summed E-state index contributed by atoms with van der Waals surface area (Å²) in [4.78, 5) is 26.7. The second-order valence-corrected chi connectivity index (χ2v) is 8.32. The third-order valence-corrected chi connectivity index (χ3v) is 6.32. The summed E-state index contributed by atoms with van der Waals surface area (Å²) in [5.74, 6) is 0.692. The van der Waals surface area contributed by atoms with Gasteiger partial charge in [0.15, 0.2) is 11.5 Å². The first-order chi connectivity index (χ1) is 15.5. The van der Waals surface area contributed by atoms with Crippen LogP contribution >= 0.6 is 11.3 Å². The number of methoxy groups -OCH3 is 2. The van der Waals surface area contributed by atoms with Crippen molar-refractivity contribution >= 4 is 23.2 Å². The number of nitrogens with zero attached hydrogens (tertiary/aromatic N) is 2. The summed E-state index contributed by atoms with van der Waals surface area (Å²) < 4.78 is 18.1. The molecular formula is C24H26N2O5S. The average molecular weight is 455 g/mol. The van der Waals surface area contributed by atoms with E-state index in [1.165, 1.54) is 4.90 Å². The lowest BCUT2D eigenvalue weighted by Gasteiger charge is -2.25. The van der Waals surface area contributed by atoms with Crippen molar-refractivity contribution in [1.29, 1.82) is 0 Å². The summed E-state index contributed by atoms with van der Waals surface area (Å²) in [6.07, 6.45) is 0.752. The molecule has 4 rings (SSSR count). The second-order valence-electron chi connectivity index (χ2n) is 7.54. The third-order valence-electron chi connectivity index (χ3n) is 5.64. The normalized spacial score (nSPS) is 12.0. The van der Waals surface area contributed by atoms with E-state index < -0.39 is 5.97 Å². The number of likely N-dealkylation sites (N-methyl/N-ethyl adjacent to an activating group) is 1. The van der Waals surface area contributed by atoms with Gasteiger partial charge in [-0.05, 0) is 59.5 Å². The average Bonchev–Trinajstić information content (AvgIpc) is 3.45. The topological polar surface area (TPSA) is 70.0 Å². The van der Waals surface area contributed by atoms with E-state index in [4.69, 9.17) is 14.2 Å². The smallest absolute Gasteiger partial charge is 0.325 e. The van der Waals surface area contributed by atoms with Gasteiger partial charge in [0, 0.05) is 24.7 Å². The van der Waals surface area contributed by atoms with E-state index in [1.807, 2.05) is 34.2 Å². The van der Waals surface area contributed by atoms with Crippen molar-refractivity contribution in [3.8, 4) is 33.9 Å². The summed E-state index contributed by atoms with van der Waals surface area (Å²) >= 11 is 1.61. The molecule has 0 saturated carbocycles. The van der Waals surface area contributed by atoms with Crippen LogP contribution in [0.5, 0.6) is 11.5 Å². The highest BCUT2D eigenvalue weighted by Gasteiger charge is 2.29. The van der Waals surface area contributed by atoms with Crippen molar-refractivity contribution in [3.63, 3.8) is 0 Å². The zero-order valence-corrected chi connectivity index (χ0v) is 19.5. The van der Waals surface area contributed by atoms with E-state index in [1.54, 1.807) is 39.5 Å².